The summed E-state index contributed by atoms with van der Waals surface area (Å²) in [5, 5.41) is 4.58. The molecule has 5 rings (SSSR count). The average molecular weight is 702 g/mol. The number of carbonyl (C=O) groups is 1. The van der Waals surface area contributed by atoms with E-state index in [4.69, 9.17) is 14.2 Å². The van der Waals surface area contributed by atoms with E-state index in [1.807, 2.05) is 41.7 Å². The number of hydrogen-bond donors (Lipinski definition) is 0. The largest absolute Gasteiger partial charge is 0.494 e. The fraction of sp³-hybridized carbons (Fsp3) is 0.571. The van der Waals surface area contributed by atoms with E-state index in [-0.39, 0.29) is 12.8 Å². The Bertz CT molecular complexity index is 1550. The van der Waals surface area contributed by atoms with E-state index in [9.17, 15) is 4.79 Å². The Morgan fingerprint density at radius 1 is 0.760 bits per heavy atom. The van der Waals surface area contributed by atoms with E-state index in [1.165, 1.54) is 86.4 Å². The number of piperazine rings is 1. The molecule has 7 nitrogen and oxygen atoms in total. The molecule has 0 atom stereocenters. The van der Waals surface area contributed by atoms with Crippen LogP contribution >= 0.6 is 11.3 Å². The summed E-state index contributed by atoms with van der Waals surface area (Å²) in [5.74, 6) is 1.04. The summed E-state index contributed by atoms with van der Waals surface area (Å²) in [6.45, 7) is 8.27. The molecule has 0 radical (unpaired) electrons. The third kappa shape index (κ3) is 12.8. The van der Waals surface area contributed by atoms with Crippen molar-refractivity contribution < 1.29 is 19.0 Å². The minimum atomic E-state index is -0.209. The second kappa shape index (κ2) is 21.8. The Labute approximate surface area is 304 Å². The van der Waals surface area contributed by atoms with E-state index in [0.29, 0.717) is 18.9 Å². The summed E-state index contributed by atoms with van der Waals surface area (Å²) in [7, 11) is 0. The molecule has 4 aromatic rings. The van der Waals surface area contributed by atoms with Gasteiger partial charge in [0.15, 0.2) is 0 Å². The van der Waals surface area contributed by atoms with Crippen LogP contribution < -0.4 is 14.4 Å². The highest BCUT2D eigenvalue weighted by atomic mass is 32.1. The number of ether oxygens (including phenoxy) is 3. The van der Waals surface area contributed by atoms with Gasteiger partial charge in [-0.1, -0.05) is 90.0 Å². The van der Waals surface area contributed by atoms with E-state index in [0.717, 1.165) is 75.1 Å². The summed E-state index contributed by atoms with van der Waals surface area (Å²) >= 11 is 1.82. The second-order valence-corrected chi connectivity index (χ2v) is 14.7. The minimum Gasteiger partial charge on any atom is -0.494 e. The lowest BCUT2D eigenvalue weighted by atomic mass is 10.0. The van der Waals surface area contributed by atoms with Gasteiger partial charge in [0.1, 0.15) is 5.75 Å². The fourth-order valence-electron chi connectivity index (χ4n) is 6.86. The van der Waals surface area contributed by atoms with Gasteiger partial charge in [-0.25, -0.2) is 4.98 Å². The molecule has 0 unspecified atom stereocenters. The van der Waals surface area contributed by atoms with E-state index in [2.05, 4.69) is 51.4 Å². The lowest BCUT2D eigenvalue weighted by Crippen LogP contribution is -2.46. The molecule has 0 saturated carbocycles. The quantitative estimate of drug-likeness (QED) is 0.0409. The molecule has 3 heterocycles. The Kier molecular flexibility index (Phi) is 16.5. The monoisotopic (exact) mass is 701 g/mol. The van der Waals surface area contributed by atoms with Gasteiger partial charge in [-0.2, -0.15) is 0 Å². The van der Waals surface area contributed by atoms with Crippen LogP contribution in [-0.2, 0) is 9.53 Å². The van der Waals surface area contributed by atoms with Crippen LogP contribution in [0.3, 0.4) is 0 Å². The molecule has 2 aromatic carbocycles. The number of pyridine rings is 1. The fourth-order valence-corrected chi connectivity index (χ4v) is 7.66. The molecule has 50 heavy (non-hydrogen) atoms. The van der Waals surface area contributed by atoms with Gasteiger partial charge < -0.3 is 19.1 Å². The number of anilines is 1. The molecule has 8 heteroatoms. The molecular weight excluding hydrogens is 643 g/mol. The first-order valence-electron chi connectivity index (χ1n) is 19.4. The van der Waals surface area contributed by atoms with Gasteiger partial charge in [0, 0.05) is 65.9 Å². The van der Waals surface area contributed by atoms with Crippen molar-refractivity contribution in [3.8, 4) is 11.6 Å². The normalized spacial score (nSPS) is 13.7. The van der Waals surface area contributed by atoms with E-state index >= 15 is 0 Å². The Hall–Kier alpha value is -3.36. The van der Waals surface area contributed by atoms with Crippen molar-refractivity contribution >= 4 is 44.0 Å². The zero-order valence-electron chi connectivity index (χ0n) is 30.4. The third-order valence-electron chi connectivity index (χ3n) is 9.87. The van der Waals surface area contributed by atoms with Crippen molar-refractivity contribution in [3.05, 3.63) is 60.0 Å². The smallest absolute Gasteiger partial charge is 0.308 e. The zero-order valence-corrected chi connectivity index (χ0v) is 31.2. The number of rotatable bonds is 24. The number of carbonyl (C=O) groups excluding carboxylic acids is 1. The van der Waals surface area contributed by atoms with E-state index < -0.39 is 0 Å². The summed E-state index contributed by atoms with van der Waals surface area (Å²) < 4.78 is 18.4. The number of benzene rings is 2. The average Bonchev–Trinajstić information content (AvgIpc) is 3.63. The maximum Gasteiger partial charge on any atom is 0.308 e. The minimum absolute atomic E-state index is 0.119. The molecule has 0 spiro atoms. The topological polar surface area (TPSA) is 64.1 Å². The summed E-state index contributed by atoms with van der Waals surface area (Å²) in [5.41, 5.74) is 2.17. The molecule has 0 bridgehead atoms. The van der Waals surface area contributed by atoms with Gasteiger partial charge >= 0.3 is 5.97 Å². The van der Waals surface area contributed by atoms with Crippen LogP contribution in [0.25, 0.3) is 21.0 Å². The molecule has 0 aliphatic carbocycles. The van der Waals surface area contributed by atoms with Crippen LogP contribution in [-0.4, -0.2) is 62.0 Å². The Morgan fingerprint density at radius 3 is 2.24 bits per heavy atom. The lowest BCUT2D eigenvalue weighted by Gasteiger charge is -2.36. The molecule has 1 saturated heterocycles. The van der Waals surface area contributed by atoms with Crippen molar-refractivity contribution in [2.24, 2.45) is 0 Å². The van der Waals surface area contributed by atoms with Crippen LogP contribution in [0.15, 0.2) is 60.0 Å². The van der Waals surface area contributed by atoms with Crippen molar-refractivity contribution in [2.75, 3.05) is 51.0 Å². The van der Waals surface area contributed by atoms with Gasteiger partial charge in [-0.05, 0) is 67.6 Å². The number of aromatic nitrogens is 1. The Balaban J connectivity index is 0.891. The summed E-state index contributed by atoms with van der Waals surface area (Å²) in [6.07, 6.45) is 19.3. The maximum absolute atomic E-state index is 12.2. The van der Waals surface area contributed by atoms with Crippen LogP contribution in [0.5, 0.6) is 11.6 Å². The highest BCUT2D eigenvalue weighted by Gasteiger charge is 2.18. The molecular formula is C42H59N3O4S. The van der Waals surface area contributed by atoms with Gasteiger partial charge in [-0.3, -0.25) is 9.69 Å². The van der Waals surface area contributed by atoms with Crippen LogP contribution in [0.4, 0.5) is 5.69 Å². The molecule has 0 N–H and O–H groups in total. The molecule has 2 aromatic heterocycles. The summed E-state index contributed by atoms with van der Waals surface area (Å²) in [4.78, 5) is 21.9. The van der Waals surface area contributed by atoms with Crippen molar-refractivity contribution in [1.82, 2.24) is 9.88 Å². The first-order valence-corrected chi connectivity index (χ1v) is 20.3. The Morgan fingerprint density at radius 2 is 1.48 bits per heavy atom. The van der Waals surface area contributed by atoms with Gasteiger partial charge in [-0.15, -0.1) is 11.3 Å². The zero-order chi connectivity index (χ0) is 34.6. The first kappa shape index (κ1) is 37.9. The second-order valence-electron chi connectivity index (χ2n) is 13.8. The number of unbranched alkanes of at least 4 members (excludes halogenated alkanes) is 13. The van der Waals surface area contributed by atoms with E-state index in [1.54, 1.807) is 0 Å². The van der Waals surface area contributed by atoms with Gasteiger partial charge in [0.2, 0.25) is 12.7 Å². The molecule has 272 valence electrons. The highest BCUT2D eigenvalue weighted by Crippen LogP contribution is 2.31. The summed E-state index contributed by atoms with van der Waals surface area (Å²) in [6, 6.07) is 18.7. The maximum atomic E-state index is 12.2. The lowest BCUT2D eigenvalue weighted by molar-refractivity contribution is -0.150. The van der Waals surface area contributed by atoms with Crippen LogP contribution in [0.1, 0.15) is 110 Å². The van der Waals surface area contributed by atoms with Crippen LogP contribution in [0, 0.1) is 0 Å². The number of hydrogen-bond acceptors (Lipinski definition) is 8. The number of nitrogens with zero attached hydrogens (tertiary/aromatic N) is 3. The molecule has 0 amide bonds. The van der Waals surface area contributed by atoms with Crippen molar-refractivity contribution in [3.63, 3.8) is 0 Å². The number of fused-ring (bicyclic) bond motifs is 2. The number of esters is 1. The number of thiophene rings is 1. The molecule has 1 fully saturated rings. The molecule has 1 aliphatic heterocycles. The SMILES string of the molecule is CCCCCCCCCCCCCCCC(=O)OCOc1ccc2ccc(OCCCCN3CCN(c4cccc5sccc45)CC3)cc2n1. The van der Waals surface area contributed by atoms with Gasteiger partial charge in [0.25, 0.3) is 0 Å². The predicted molar refractivity (Wildman–Crippen MR) is 209 cm³/mol. The predicted octanol–water partition coefficient (Wildman–Crippen LogP) is 10.8. The van der Waals surface area contributed by atoms with Crippen molar-refractivity contribution in [1.29, 1.82) is 0 Å². The third-order valence-corrected chi connectivity index (χ3v) is 10.8. The standard InChI is InChI=1S/C42H59N3O4S/c1-2-3-4-5-6-7-8-9-10-11-12-13-14-20-42(46)49-34-48-41-24-22-35-21-23-36(33-38(35)43-41)47-31-16-15-26-44-27-29-45(30-28-44)39-18-17-19-40-37(39)25-32-50-40/h17-19,21-25,32-33H,2-16,20,26-31,34H2,1H3. The highest BCUT2D eigenvalue weighted by molar-refractivity contribution is 7.17. The van der Waals surface area contributed by atoms with Crippen LogP contribution in [0.2, 0.25) is 0 Å². The van der Waals surface area contributed by atoms with Crippen molar-refractivity contribution in [2.45, 2.75) is 110 Å². The first-order chi connectivity index (χ1) is 24.7. The van der Waals surface area contributed by atoms with Gasteiger partial charge in [0.05, 0.1) is 12.1 Å². The molecule has 1 aliphatic rings.